The zero-order valence-corrected chi connectivity index (χ0v) is 23.8. The summed E-state index contributed by atoms with van der Waals surface area (Å²) in [5.74, 6) is 0. The first-order chi connectivity index (χ1) is 16.7. The van der Waals surface area contributed by atoms with Gasteiger partial charge in [0.1, 0.15) is 0 Å². The summed E-state index contributed by atoms with van der Waals surface area (Å²) < 4.78 is 59.4. The molecule has 10 nitrogen and oxygen atoms in total. The van der Waals surface area contributed by atoms with Gasteiger partial charge < -0.3 is 4.90 Å². The third-order valence-corrected chi connectivity index (χ3v) is 8.19. The highest BCUT2D eigenvalue weighted by molar-refractivity contribution is 7.99. The maximum atomic E-state index is 9.33. The molecular formula is C21H28Cl2N2O8S3. The largest absolute Gasteiger partial charge is 0.397 e. The first-order valence-electron chi connectivity index (χ1n) is 10.5. The molecule has 2 aliphatic heterocycles. The number of nitrogens with zero attached hydrogens (tertiary/aromatic N) is 2. The Labute approximate surface area is 226 Å². The van der Waals surface area contributed by atoms with Crippen molar-refractivity contribution in [1.29, 1.82) is 0 Å². The normalized spacial score (nSPS) is 18.5. The van der Waals surface area contributed by atoms with Gasteiger partial charge in [0.15, 0.2) is 0 Å². The van der Waals surface area contributed by atoms with Crippen LogP contribution in [0.4, 0.5) is 0 Å². The molecule has 36 heavy (non-hydrogen) atoms. The first kappa shape index (κ1) is 31.2. The van der Waals surface area contributed by atoms with Gasteiger partial charge in [0.25, 0.3) is 0 Å². The number of halogens is 2. The van der Waals surface area contributed by atoms with E-state index < -0.39 is 20.8 Å². The molecule has 1 saturated heterocycles. The fraction of sp³-hybridized carbons (Fsp3) is 0.429. The van der Waals surface area contributed by atoms with Crippen molar-refractivity contribution in [3.05, 3.63) is 57.6 Å². The van der Waals surface area contributed by atoms with Gasteiger partial charge >= 0.3 is 20.8 Å². The fourth-order valence-electron chi connectivity index (χ4n) is 3.59. The molecule has 4 rings (SSSR count). The van der Waals surface area contributed by atoms with E-state index in [1.807, 2.05) is 12.1 Å². The highest BCUT2D eigenvalue weighted by Crippen LogP contribution is 2.46. The van der Waals surface area contributed by atoms with Crippen LogP contribution >= 0.6 is 35.0 Å². The van der Waals surface area contributed by atoms with Gasteiger partial charge in [0.2, 0.25) is 0 Å². The third-order valence-electron chi connectivity index (χ3n) is 5.40. The van der Waals surface area contributed by atoms with Crippen molar-refractivity contribution in [2.45, 2.75) is 22.3 Å². The summed E-state index contributed by atoms with van der Waals surface area (Å²) in [5, 5.41) is 1.66. The molecule has 0 spiro atoms. The summed E-state index contributed by atoms with van der Waals surface area (Å²) in [6.07, 6.45) is 0.986. The summed E-state index contributed by atoms with van der Waals surface area (Å²) in [5.41, 5.74) is 2.67. The van der Waals surface area contributed by atoms with Crippen molar-refractivity contribution >= 4 is 55.8 Å². The molecule has 0 saturated carbocycles. The zero-order valence-electron chi connectivity index (χ0n) is 19.8. The summed E-state index contributed by atoms with van der Waals surface area (Å²) in [7, 11) is -4.39. The van der Waals surface area contributed by atoms with E-state index in [-0.39, 0.29) is 0 Å². The molecule has 0 radical (unpaired) electrons. The molecule has 0 bridgehead atoms. The Kier molecular flexibility index (Phi) is 11.9. The minimum Gasteiger partial charge on any atom is -0.304 e. The van der Waals surface area contributed by atoms with E-state index in [1.165, 1.54) is 20.9 Å². The number of hydrogen-bond donors (Lipinski definition) is 2. The van der Waals surface area contributed by atoms with Crippen molar-refractivity contribution in [2.24, 2.45) is 0 Å². The van der Waals surface area contributed by atoms with E-state index in [9.17, 15) is 16.8 Å². The van der Waals surface area contributed by atoms with Crippen LogP contribution in [0.5, 0.6) is 0 Å². The van der Waals surface area contributed by atoms with E-state index in [0.717, 1.165) is 56.9 Å². The second-order valence-corrected chi connectivity index (χ2v) is 12.0. The Morgan fingerprint density at radius 2 is 1.50 bits per heavy atom. The molecule has 0 aromatic heterocycles. The predicted octanol–water partition coefficient (Wildman–Crippen LogP) is 3.86. The molecule has 2 aliphatic rings. The Morgan fingerprint density at radius 1 is 0.944 bits per heavy atom. The molecule has 1 fully saturated rings. The SMILES string of the molecule is CN1CCN(C2Cc3cc(Cl)ccc3Sc3c(Cl)cccc32)CC1.COS(=O)(=O)O.COS(=O)(=O)O. The lowest BCUT2D eigenvalue weighted by Crippen LogP contribution is -2.46. The molecule has 2 N–H and O–H groups in total. The molecule has 15 heteroatoms. The van der Waals surface area contributed by atoms with Crippen LogP contribution in [0.3, 0.4) is 0 Å². The molecule has 2 heterocycles. The van der Waals surface area contributed by atoms with Gasteiger partial charge in [-0.2, -0.15) is 16.8 Å². The van der Waals surface area contributed by atoms with Gasteiger partial charge in [-0.15, -0.1) is 0 Å². The lowest BCUT2D eigenvalue weighted by atomic mass is 9.96. The molecule has 202 valence electrons. The standard InChI is InChI=1S/C19H20Cl2N2S.2CH4O4S/c1-22-7-9-23(10-8-22)17-12-13-11-14(20)5-6-18(13)24-19-15(17)3-2-4-16(19)21;2*1-5-6(2,3)4/h2-6,11,17H,7-10,12H2,1H3;2*1H3,(H,2,3,4). The summed E-state index contributed by atoms with van der Waals surface area (Å²) in [6.45, 7) is 4.41. The highest BCUT2D eigenvalue weighted by Gasteiger charge is 2.30. The molecule has 2 aromatic carbocycles. The molecule has 0 aliphatic carbocycles. The number of benzene rings is 2. The van der Waals surface area contributed by atoms with Crippen molar-refractivity contribution in [3.8, 4) is 0 Å². The Hall–Kier alpha value is -0.970. The van der Waals surface area contributed by atoms with Crippen LogP contribution in [0.2, 0.25) is 10.0 Å². The molecule has 2 aromatic rings. The van der Waals surface area contributed by atoms with E-state index in [0.29, 0.717) is 6.04 Å². The Balaban J connectivity index is 0.000000319. The van der Waals surface area contributed by atoms with Crippen LogP contribution in [0.15, 0.2) is 46.2 Å². The average Bonchev–Trinajstić information content (AvgIpc) is 2.97. The van der Waals surface area contributed by atoms with Crippen LogP contribution in [-0.4, -0.2) is 83.2 Å². The van der Waals surface area contributed by atoms with Crippen molar-refractivity contribution in [1.82, 2.24) is 9.80 Å². The number of piperazine rings is 1. The van der Waals surface area contributed by atoms with Gasteiger partial charge in [-0.25, -0.2) is 0 Å². The van der Waals surface area contributed by atoms with Crippen LogP contribution in [0.1, 0.15) is 17.2 Å². The van der Waals surface area contributed by atoms with E-state index >= 15 is 0 Å². The van der Waals surface area contributed by atoms with Crippen LogP contribution in [-0.2, 0) is 35.6 Å². The van der Waals surface area contributed by atoms with Crippen molar-refractivity contribution < 1.29 is 34.3 Å². The third kappa shape index (κ3) is 10.1. The molecule has 0 amide bonds. The van der Waals surface area contributed by atoms with Gasteiger partial charge in [0.05, 0.1) is 19.2 Å². The van der Waals surface area contributed by atoms with Crippen LogP contribution in [0, 0.1) is 0 Å². The maximum absolute atomic E-state index is 9.33. The number of rotatable bonds is 3. The van der Waals surface area contributed by atoms with Gasteiger partial charge in [-0.1, -0.05) is 47.1 Å². The van der Waals surface area contributed by atoms with E-state index in [2.05, 4.69) is 49.5 Å². The quantitative estimate of drug-likeness (QED) is 0.496. The summed E-state index contributed by atoms with van der Waals surface area (Å²) in [6, 6.07) is 12.9. The summed E-state index contributed by atoms with van der Waals surface area (Å²) in [4.78, 5) is 7.46. The minimum atomic E-state index is -4.16. The maximum Gasteiger partial charge on any atom is 0.397 e. The fourth-order valence-corrected chi connectivity index (χ4v) is 5.20. The van der Waals surface area contributed by atoms with Crippen LogP contribution in [0.25, 0.3) is 0 Å². The second-order valence-electron chi connectivity index (χ2n) is 7.76. The average molecular weight is 604 g/mol. The molecular weight excluding hydrogens is 575 g/mol. The Bertz CT molecular complexity index is 1210. The van der Waals surface area contributed by atoms with Gasteiger partial charge in [-0.05, 0) is 48.9 Å². The predicted molar refractivity (Wildman–Crippen MR) is 140 cm³/mol. The van der Waals surface area contributed by atoms with Gasteiger partial charge in [0, 0.05) is 47.0 Å². The lowest BCUT2D eigenvalue weighted by molar-refractivity contribution is 0.110. The number of fused-ring (bicyclic) bond motifs is 2. The summed E-state index contributed by atoms with van der Waals surface area (Å²) >= 11 is 14.6. The van der Waals surface area contributed by atoms with E-state index in [4.69, 9.17) is 32.3 Å². The van der Waals surface area contributed by atoms with Crippen LogP contribution < -0.4 is 0 Å². The lowest BCUT2D eigenvalue weighted by Gasteiger charge is -2.38. The minimum absolute atomic E-state index is 0.361. The van der Waals surface area contributed by atoms with E-state index in [1.54, 1.807) is 11.8 Å². The smallest absolute Gasteiger partial charge is 0.304 e. The molecule has 1 unspecified atom stereocenters. The Morgan fingerprint density at radius 3 is 2.03 bits per heavy atom. The molecule has 1 atom stereocenters. The monoisotopic (exact) mass is 602 g/mol. The van der Waals surface area contributed by atoms with Crippen molar-refractivity contribution in [3.63, 3.8) is 0 Å². The second kappa shape index (κ2) is 13.7. The topological polar surface area (TPSA) is 134 Å². The first-order valence-corrected chi connectivity index (χ1v) is 14.8. The van der Waals surface area contributed by atoms with Gasteiger partial charge in [-0.3, -0.25) is 22.4 Å². The number of hydrogen-bond acceptors (Lipinski definition) is 9. The highest BCUT2D eigenvalue weighted by atomic mass is 35.5. The zero-order chi connectivity index (χ0) is 27.1. The van der Waals surface area contributed by atoms with Crippen molar-refractivity contribution in [2.75, 3.05) is 47.4 Å². The number of likely N-dealkylation sites (N-methyl/N-ethyl adjacent to an activating group) is 1.